The van der Waals surface area contributed by atoms with Crippen molar-refractivity contribution < 1.29 is 32.5 Å². The van der Waals surface area contributed by atoms with E-state index in [4.69, 9.17) is 9.84 Å². The van der Waals surface area contributed by atoms with Crippen LogP contribution in [0.4, 0.5) is 18.9 Å². The van der Waals surface area contributed by atoms with Crippen LogP contribution < -0.4 is 14.4 Å². The fraction of sp³-hybridized carbons (Fsp3) is 0.276. The molecular weight excluding hydrogens is 525 g/mol. The van der Waals surface area contributed by atoms with E-state index in [1.165, 1.54) is 22.9 Å². The smallest absolute Gasteiger partial charge is 0.478 e. The first-order valence-electron chi connectivity index (χ1n) is 12.5. The number of alkyl halides is 3. The first-order valence-corrected chi connectivity index (χ1v) is 12.5. The van der Waals surface area contributed by atoms with Gasteiger partial charge in [-0.05, 0) is 54.3 Å². The van der Waals surface area contributed by atoms with Gasteiger partial charge in [0.2, 0.25) is 5.88 Å². The fourth-order valence-electron chi connectivity index (χ4n) is 4.33. The summed E-state index contributed by atoms with van der Waals surface area (Å²) in [4.78, 5) is 17.6. The number of halogens is 3. The molecule has 4 aromatic rings. The molecule has 0 radical (unpaired) electrons. The topological polar surface area (TPSA) is 89.7 Å². The fourth-order valence-corrected chi connectivity index (χ4v) is 4.33. The maximum Gasteiger partial charge on any atom is 0.573 e. The predicted octanol–water partition coefficient (Wildman–Crippen LogP) is 6.51. The second-order valence-corrected chi connectivity index (χ2v) is 9.53. The van der Waals surface area contributed by atoms with Crippen LogP contribution in [0.25, 0.3) is 5.69 Å². The van der Waals surface area contributed by atoms with Gasteiger partial charge in [-0.2, -0.15) is 5.10 Å². The number of ether oxygens (including phenoxy) is 2. The molecule has 0 saturated carbocycles. The minimum atomic E-state index is -4.85. The molecule has 2 aromatic carbocycles. The van der Waals surface area contributed by atoms with E-state index in [2.05, 4.69) is 14.8 Å². The molecule has 1 N–H and O–H groups in total. The van der Waals surface area contributed by atoms with Gasteiger partial charge in [-0.3, -0.25) is 0 Å². The largest absolute Gasteiger partial charge is 0.573 e. The average Bonchev–Trinajstić information content (AvgIpc) is 3.31. The van der Waals surface area contributed by atoms with Crippen LogP contribution in [0.5, 0.6) is 11.6 Å². The summed E-state index contributed by atoms with van der Waals surface area (Å²) in [6.07, 6.45) is -3.23. The third-order valence-corrected chi connectivity index (χ3v) is 6.26. The third kappa shape index (κ3) is 6.71. The molecular formula is C29H29F3N4O4. The number of rotatable bonds is 10. The van der Waals surface area contributed by atoms with Crippen molar-refractivity contribution in [2.24, 2.45) is 0 Å². The summed E-state index contributed by atoms with van der Waals surface area (Å²) in [6.45, 7) is 6.33. The number of anilines is 1. The minimum Gasteiger partial charge on any atom is -0.478 e. The number of hydrogen-bond acceptors (Lipinski definition) is 6. The number of pyridine rings is 1. The van der Waals surface area contributed by atoms with Crippen molar-refractivity contribution in [1.82, 2.24) is 14.8 Å². The Labute approximate surface area is 229 Å². The summed E-state index contributed by atoms with van der Waals surface area (Å²) < 4.78 is 50.7. The number of aryl methyl sites for hydroxylation is 1. The van der Waals surface area contributed by atoms with E-state index < -0.39 is 12.3 Å². The maximum atomic E-state index is 13.0. The van der Waals surface area contributed by atoms with Crippen molar-refractivity contribution in [2.45, 2.75) is 46.2 Å². The average molecular weight is 555 g/mol. The molecule has 0 bridgehead atoms. The van der Waals surface area contributed by atoms with E-state index in [0.717, 1.165) is 16.8 Å². The number of benzene rings is 2. The van der Waals surface area contributed by atoms with Crippen LogP contribution in [0.2, 0.25) is 0 Å². The number of nitrogens with zero attached hydrogens (tertiary/aromatic N) is 4. The Morgan fingerprint density at radius 3 is 2.40 bits per heavy atom. The van der Waals surface area contributed by atoms with Gasteiger partial charge in [-0.25, -0.2) is 14.5 Å². The van der Waals surface area contributed by atoms with Gasteiger partial charge in [0.1, 0.15) is 12.3 Å². The van der Waals surface area contributed by atoms with Crippen molar-refractivity contribution in [3.8, 4) is 17.3 Å². The first kappa shape index (κ1) is 28.5. The van der Waals surface area contributed by atoms with Gasteiger partial charge in [-0.15, -0.1) is 13.2 Å². The van der Waals surface area contributed by atoms with Crippen LogP contribution in [0.15, 0.2) is 66.9 Å². The molecule has 11 heteroatoms. The van der Waals surface area contributed by atoms with E-state index in [1.54, 1.807) is 42.6 Å². The lowest BCUT2D eigenvalue weighted by molar-refractivity contribution is -0.274. The minimum absolute atomic E-state index is 0.0193. The molecule has 0 atom stereocenters. The normalized spacial score (nSPS) is 11.5. The van der Waals surface area contributed by atoms with E-state index in [9.17, 15) is 18.0 Å². The number of para-hydroxylation sites is 2. The van der Waals surface area contributed by atoms with E-state index in [0.29, 0.717) is 23.8 Å². The summed E-state index contributed by atoms with van der Waals surface area (Å²) in [5.74, 6) is -0.951. The highest BCUT2D eigenvalue weighted by Gasteiger charge is 2.33. The second kappa shape index (κ2) is 11.7. The number of aromatic nitrogens is 3. The molecule has 0 amide bonds. The van der Waals surface area contributed by atoms with Crippen LogP contribution in [-0.4, -0.2) is 39.3 Å². The highest BCUT2D eigenvalue weighted by atomic mass is 19.4. The summed E-state index contributed by atoms with van der Waals surface area (Å²) in [5.41, 5.74) is 4.29. The van der Waals surface area contributed by atoms with Gasteiger partial charge >= 0.3 is 12.3 Å². The number of aromatic carboxylic acids is 1. The highest BCUT2D eigenvalue weighted by Crippen LogP contribution is 2.32. The van der Waals surface area contributed by atoms with Crippen molar-refractivity contribution >= 4 is 11.7 Å². The zero-order valence-electron chi connectivity index (χ0n) is 22.4. The Hall–Kier alpha value is -4.54. The molecule has 0 fully saturated rings. The Morgan fingerprint density at radius 1 is 1.07 bits per heavy atom. The lowest BCUT2D eigenvalue weighted by Gasteiger charge is -2.21. The first-order chi connectivity index (χ1) is 18.9. The molecule has 4 rings (SSSR count). The molecule has 0 unspecified atom stereocenters. The molecule has 0 spiro atoms. The standard InChI is InChI=1S/C29H29F3N4O4/c1-18(2)22-15-33-36(24-7-5-6-8-26(24)40-29(30,31)32)25(22)17-39-27-14-13-23(19(3)34-27)35(4)16-20-9-11-21(12-10-20)28(37)38/h5-15,18H,16-17H2,1-4H3,(H,37,38). The predicted molar refractivity (Wildman–Crippen MR) is 143 cm³/mol. The Bertz CT molecular complexity index is 1480. The number of carboxylic acids is 1. The Morgan fingerprint density at radius 2 is 1.77 bits per heavy atom. The van der Waals surface area contributed by atoms with E-state index >= 15 is 0 Å². The van der Waals surface area contributed by atoms with Crippen molar-refractivity contribution in [1.29, 1.82) is 0 Å². The van der Waals surface area contributed by atoms with Gasteiger partial charge in [0.05, 0.1) is 28.8 Å². The SMILES string of the molecule is Cc1nc(OCc2c(C(C)C)cnn2-c2ccccc2OC(F)(F)F)ccc1N(C)Cc1ccc(C(=O)O)cc1. The van der Waals surface area contributed by atoms with Crippen LogP contribution in [0, 0.1) is 6.92 Å². The molecule has 210 valence electrons. The molecule has 0 saturated heterocycles. The second-order valence-electron chi connectivity index (χ2n) is 9.53. The van der Waals surface area contributed by atoms with Crippen LogP contribution in [0.3, 0.4) is 0 Å². The van der Waals surface area contributed by atoms with Crippen LogP contribution in [0.1, 0.15) is 52.6 Å². The molecule has 0 aliphatic heterocycles. The molecule has 2 aromatic heterocycles. The highest BCUT2D eigenvalue weighted by molar-refractivity contribution is 5.87. The summed E-state index contributed by atoms with van der Waals surface area (Å²) in [6, 6.07) is 16.1. The Balaban J connectivity index is 1.53. The third-order valence-electron chi connectivity index (χ3n) is 6.26. The number of carboxylic acid groups (broad SMARTS) is 1. The van der Waals surface area contributed by atoms with E-state index in [1.807, 2.05) is 38.8 Å². The summed E-state index contributed by atoms with van der Waals surface area (Å²) >= 11 is 0. The molecule has 40 heavy (non-hydrogen) atoms. The molecule has 0 aliphatic carbocycles. The molecule has 8 nitrogen and oxygen atoms in total. The monoisotopic (exact) mass is 554 g/mol. The van der Waals surface area contributed by atoms with Crippen LogP contribution in [-0.2, 0) is 13.2 Å². The zero-order valence-corrected chi connectivity index (χ0v) is 22.4. The quantitative estimate of drug-likeness (QED) is 0.239. The van der Waals surface area contributed by atoms with Crippen molar-refractivity contribution in [3.05, 3.63) is 94.9 Å². The summed E-state index contributed by atoms with van der Waals surface area (Å²) in [5, 5.41) is 13.4. The van der Waals surface area contributed by atoms with Gasteiger partial charge in [0.25, 0.3) is 0 Å². The Kier molecular flexibility index (Phi) is 8.32. The van der Waals surface area contributed by atoms with Crippen molar-refractivity contribution in [2.75, 3.05) is 11.9 Å². The number of hydrogen-bond donors (Lipinski definition) is 1. The molecule has 0 aliphatic rings. The maximum absolute atomic E-state index is 13.0. The number of carbonyl (C=O) groups is 1. The zero-order chi connectivity index (χ0) is 29.0. The van der Waals surface area contributed by atoms with Gasteiger partial charge in [0, 0.05) is 19.7 Å². The van der Waals surface area contributed by atoms with Gasteiger partial charge in [0.15, 0.2) is 5.75 Å². The van der Waals surface area contributed by atoms with Gasteiger partial charge < -0.3 is 19.5 Å². The van der Waals surface area contributed by atoms with Gasteiger partial charge in [-0.1, -0.05) is 38.1 Å². The van der Waals surface area contributed by atoms with Crippen molar-refractivity contribution in [3.63, 3.8) is 0 Å². The van der Waals surface area contributed by atoms with Crippen LogP contribution >= 0.6 is 0 Å². The lowest BCUT2D eigenvalue weighted by Crippen LogP contribution is -2.19. The lowest BCUT2D eigenvalue weighted by atomic mass is 10.0. The van der Waals surface area contributed by atoms with E-state index in [-0.39, 0.29) is 29.5 Å². The molecule has 2 heterocycles. The summed E-state index contributed by atoms with van der Waals surface area (Å²) in [7, 11) is 1.91.